The van der Waals surface area contributed by atoms with Crippen LogP contribution in [0.3, 0.4) is 0 Å². The summed E-state index contributed by atoms with van der Waals surface area (Å²) < 4.78 is 25.3. The van der Waals surface area contributed by atoms with Crippen molar-refractivity contribution in [2.75, 3.05) is 23.8 Å². The summed E-state index contributed by atoms with van der Waals surface area (Å²) in [6.45, 7) is 2.78. The second-order valence-electron chi connectivity index (χ2n) is 6.09. The number of para-hydroxylation sites is 1. The first-order valence-corrected chi connectivity index (χ1v) is 10.5. The molecule has 0 unspecified atom stereocenters. The molecule has 150 valence electrons. The third-order valence-corrected chi connectivity index (χ3v) is 6.00. The predicted octanol–water partition coefficient (Wildman–Crippen LogP) is 4.31. The van der Waals surface area contributed by atoms with E-state index in [1.807, 2.05) is 0 Å². The number of amides is 1. The molecule has 0 fully saturated rings. The number of hydrogen-bond donors (Lipinski definition) is 2. The Morgan fingerprint density at radius 2 is 1.97 bits per heavy atom. The molecule has 0 bridgehead atoms. The van der Waals surface area contributed by atoms with Gasteiger partial charge in [0.25, 0.3) is 0 Å². The maximum Gasteiger partial charge on any atom is 0.237 e. The van der Waals surface area contributed by atoms with E-state index in [0.29, 0.717) is 45.6 Å². The Hall–Kier alpha value is -2.85. The normalized spacial score (nSPS) is 13.6. The van der Waals surface area contributed by atoms with Crippen LogP contribution in [0.2, 0.25) is 0 Å². The van der Waals surface area contributed by atoms with Gasteiger partial charge in [0.05, 0.1) is 10.9 Å². The summed E-state index contributed by atoms with van der Waals surface area (Å²) in [4.78, 5) is 12.5. The quantitative estimate of drug-likeness (QED) is 0.562. The lowest BCUT2D eigenvalue weighted by molar-refractivity contribution is -0.115. The average molecular weight is 433 g/mol. The number of ether oxygens (including phenoxy) is 2. The molecule has 4 rings (SSSR count). The van der Waals surface area contributed by atoms with Crippen LogP contribution >= 0.6 is 23.1 Å². The topological polar surface area (TPSA) is 85.4 Å². The summed E-state index contributed by atoms with van der Waals surface area (Å²) in [5, 5.41) is 13.9. The molecule has 0 aliphatic carbocycles. The zero-order chi connectivity index (χ0) is 20.2. The maximum absolute atomic E-state index is 13.7. The first-order chi connectivity index (χ1) is 14.1. The largest absolute Gasteiger partial charge is 0.486 e. The Balaban J connectivity index is 1.35. The van der Waals surface area contributed by atoms with Gasteiger partial charge in [-0.1, -0.05) is 35.2 Å². The van der Waals surface area contributed by atoms with Crippen LogP contribution in [0, 0.1) is 5.82 Å². The zero-order valence-electron chi connectivity index (χ0n) is 15.3. The number of nitrogens with one attached hydrogen (secondary N) is 2. The van der Waals surface area contributed by atoms with Gasteiger partial charge in [0.2, 0.25) is 11.0 Å². The number of hydrogen-bond acceptors (Lipinski definition) is 8. The van der Waals surface area contributed by atoms with E-state index < -0.39 is 5.25 Å². The van der Waals surface area contributed by atoms with Crippen LogP contribution in [0.5, 0.6) is 11.5 Å². The number of benzene rings is 2. The highest BCUT2D eigenvalue weighted by atomic mass is 32.2. The van der Waals surface area contributed by atoms with Crippen molar-refractivity contribution in [2.45, 2.75) is 16.5 Å². The van der Waals surface area contributed by atoms with Gasteiger partial charge in [-0.3, -0.25) is 4.79 Å². The molecule has 1 atom stereocenters. The molecule has 2 N–H and O–H groups in total. The molecule has 2 heterocycles. The highest BCUT2D eigenvalue weighted by molar-refractivity contribution is 8.02. The van der Waals surface area contributed by atoms with E-state index in [4.69, 9.17) is 9.47 Å². The van der Waals surface area contributed by atoms with E-state index in [-0.39, 0.29) is 11.7 Å². The van der Waals surface area contributed by atoms with Crippen LogP contribution in [0.1, 0.15) is 6.92 Å². The summed E-state index contributed by atoms with van der Waals surface area (Å²) in [6.07, 6.45) is 0. The van der Waals surface area contributed by atoms with Crippen molar-refractivity contribution in [1.29, 1.82) is 0 Å². The molecule has 1 aliphatic heterocycles. The van der Waals surface area contributed by atoms with Crippen LogP contribution in [0.4, 0.5) is 20.9 Å². The third kappa shape index (κ3) is 4.77. The Morgan fingerprint density at radius 3 is 2.79 bits per heavy atom. The number of carbonyl (C=O) groups excluding carboxylic acids is 1. The molecule has 7 nitrogen and oxygen atoms in total. The monoisotopic (exact) mass is 432 g/mol. The Labute approximate surface area is 174 Å². The molecule has 1 aromatic heterocycles. The zero-order valence-corrected chi connectivity index (χ0v) is 17.0. The third-order valence-electron chi connectivity index (χ3n) is 3.98. The molecule has 10 heteroatoms. The average Bonchev–Trinajstić information content (AvgIpc) is 3.16. The second-order valence-corrected chi connectivity index (χ2v) is 8.65. The summed E-state index contributed by atoms with van der Waals surface area (Å²) in [7, 11) is 0. The summed E-state index contributed by atoms with van der Waals surface area (Å²) in [6, 6.07) is 11.6. The van der Waals surface area contributed by atoms with Crippen molar-refractivity contribution in [3.8, 4) is 11.5 Å². The van der Waals surface area contributed by atoms with E-state index >= 15 is 0 Å². The van der Waals surface area contributed by atoms with Gasteiger partial charge in [-0.25, -0.2) is 4.39 Å². The molecule has 0 spiro atoms. The van der Waals surface area contributed by atoms with Gasteiger partial charge in [-0.2, -0.15) is 0 Å². The minimum atomic E-state index is -0.405. The molecule has 0 radical (unpaired) electrons. The van der Waals surface area contributed by atoms with Gasteiger partial charge in [-0.15, -0.1) is 10.2 Å². The number of thioether (sulfide) groups is 1. The molecule has 29 heavy (non-hydrogen) atoms. The summed E-state index contributed by atoms with van der Waals surface area (Å²) in [5.74, 6) is 0.734. The predicted molar refractivity (Wildman–Crippen MR) is 111 cm³/mol. The van der Waals surface area contributed by atoms with Crippen LogP contribution in [0.15, 0.2) is 46.8 Å². The van der Waals surface area contributed by atoms with Crippen molar-refractivity contribution in [3.63, 3.8) is 0 Å². The molecular formula is C19H17FN4O3S2. The first-order valence-electron chi connectivity index (χ1n) is 8.81. The molecule has 0 saturated carbocycles. The number of carbonyl (C=O) groups is 1. The molecule has 2 aromatic carbocycles. The van der Waals surface area contributed by atoms with Gasteiger partial charge < -0.3 is 20.1 Å². The van der Waals surface area contributed by atoms with Crippen molar-refractivity contribution in [2.24, 2.45) is 0 Å². The van der Waals surface area contributed by atoms with E-state index in [1.165, 1.54) is 29.2 Å². The first kappa shape index (κ1) is 19.5. The SMILES string of the molecule is C[C@H](Sc1nnc(Nc2ccccc2F)s1)C(=O)Nc1ccc2c(c1)OCCO2. The van der Waals surface area contributed by atoms with Crippen molar-refractivity contribution in [3.05, 3.63) is 48.3 Å². The van der Waals surface area contributed by atoms with Gasteiger partial charge in [0.1, 0.15) is 19.0 Å². The molecule has 0 saturated heterocycles. The fourth-order valence-corrected chi connectivity index (χ4v) is 4.46. The maximum atomic E-state index is 13.7. The number of nitrogens with zero attached hydrogens (tertiary/aromatic N) is 2. The van der Waals surface area contributed by atoms with Gasteiger partial charge >= 0.3 is 0 Å². The Kier molecular flexibility index (Phi) is 5.81. The fraction of sp³-hybridized carbons (Fsp3) is 0.211. The molecular weight excluding hydrogens is 415 g/mol. The van der Waals surface area contributed by atoms with Crippen LogP contribution < -0.4 is 20.1 Å². The Bertz CT molecular complexity index is 1030. The lowest BCUT2D eigenvalue weighted by Gasteiger charge is -2.19. The fourth-order valence-electron chi connectivity index (χ4n) is 2.56. The summed E-state index contributed by atoms with van der Waals surface area (Å²) in [5.41, 5.74) is 0.954. The van der Waals surface area contributed by atoms with Crippen LogP contribution in [-0.4, -0.2) is 34.6 Å². The van der Waals surface area contributed by atoms with E-state index in [0.717, 1.165) is 0 Å². The number of halogens is 1. The number of aromatic nitrogens is 2. The van der Waals surface area contributed by atoms with Crippen LogP contribution in [-0.2, 0) is 4.79 Å². The lowest BCUT2D eigenvalue weighted by Crippen LogP contribution is -2.22. The molecule has 1 aliphatic rings. The minimum Gasteiger partial charge on any atom is -0.486 e. The number of anilines is 3. The minimum absolute atomic E-state index is 0.175. The molecule has 1 amide bonds. The number of rotatable bonds is 6. The van der Waals surface area contributed by atoms with Gasteiger partial charge in [-0.05, 0) is 31.2 Å². The van der Waals surface area contributed by atoms with Crippen LogP contribution in [0.25, 0.3) is 0 Å². The van der Waals surface area contributed by atoms with E-state index in [2.05, 4.69) is 20.8 Å². The summed E-state index contributed by atoms with van der Waals surface area (Å²) >= 11 is 2.53. The standard InChI is InChI=1S/C19H17FN4O3S2/c1-11(17(25)21-12-6-7-15-16(10-12)27-9-8-26-15)28-19-24-23-18(29-19)22-14-5-3-2-4-13(14)20/h2-7,10-11H,8-9H2,1H3,(H,21,25)(H,22,23)/t11-/m0/s1. The highest BCUT2D eigenvalue weighted by Gasteiger charge is 2.19. The van der Waals surface area contributed by atoms with Gasteiger partial charge in [0.15, 0.2) is 15.8 Å². The second kappa shape index (κ2) is 8.66. The highest BCUT2D eigenvalue weighted by Crippen LogP contribution is 2.34. The smallest absolute Gasteiger partial charge is 0.237 e. The Morgan fingerprint density at radius 1 is 1.17 bits per heavy atom. The van der Waals surface area contributed by atoms with Gasteiger partial charge in [0, 0.05) is 11.8 Å². The molecule has 3 aromatic rings. The lowest BCUT2D eigenvalue weighted by atomic mass is 10.2. The van der Waals surface area contributed by atoms with Crippen molar-refractivity contribution >= 4 is 45.5 Å². The number of fused-ring (bicyclic) bond motifs is 1. The van der Waals surface area contributed by atoms with E-state index in [9.17, 15) is 9.18 Å². The van der Waals surface area contributed by atoms with Crippen molar-refractivity contribution in [1.82, 2.24) is 10.2 Å². The van der Waals surface area contributed by atoms with E-state index in [1.54, 1.807) is 43.3 Å². The van der Waals surface area contributed by atoms with Crippen molar-refractivity contribution < 1.29 is 18.7 Å².